The van der Waals surface area contributed by atoms with E-state index in [0.717, 1.165) is 6.07 Å². The lowest BCUT2D eigenvalue weighted by molar-refractivity contribution is -0.385. The largest absolute Gasteiger partial charge is 0.294 e. The number of Topliss-reactive ketones (excluding diaryl/α,β-unsaturated/α-hetero) is 2. The highest BCUT2D eigenvalue weighted by Gasteiger charge is 2.18. The van der Waals surface area contributed by atoms with E-state index in [1.807, 2.05) is 0 Å². The molecule has 0 heterocycles. The van der Waals surface area contributed by atoms with Crippen LogP contribution in [0.25, 0.3) is 0 Å². The molecule has 0 saturated heterocycles. The van der Waals surface area contributed by atoms with Gasteiger partial charge in [-0.2, -0.15) is 0 Å². The number of hydrogen-bond acceptors (Lipinski definition) is 4. The predicted molar refractivity (Wildman–Crippen MR) is 51.9 cm³/mol. The molecule has 0 N–H and O–H groups in total. The molecule has 0 atom stereocenters. The van der Waals surface area contributed by atoms with Crippen molar-refractivity contribution in [3.05, 3.63) is 39.4 Å². The van der Waals surface area contributed by atoms with Crippen LogP contribution in [0.5, 0.6) is 0 Å². The number of ketones is 2. The fraction of sp³-hybridized carbons (Fsp3) is 0.200. The third-order valence-electron chi connectivity index (χ3n) is 1.85. The van der Waals surface area contributed by atoms with E-state index in [2.05, 4.69) is 6.07 Å². The molecule has 0 saturated carbocycles. The van der Waals surface area contributed by atoms with Gasteiger partial charge in [-0.05, 0) is 19.9 Å². The molecule has 0 spiro atoms. The molecular formula is C10H8NO4. The molecular weight excluding hydrogens is 198 g/mol. The number of carbonyl (C=O) groups is 2. The highest BCUT2D eigenvalue weighted by Crippen LogP contribution is 2.20. The van der Waals surface area contributed by atoms with Crippen LogP contribution in [0, 0.1) is 16.2 Å². The third-order valence-corrected chi connectivity index (χ3v) is 1.85. The highest BCUT2D eigenvalue weighted by molar-refractivity contribution is 6.01. The van der Waals surface area contributed by atoms with E-state index in [1.165, 1.54) is 19.9 Å². The first kappa shape index (κ1) is 11.0. The van der Waals surface area contributed by atoms with E-state index in [4.69, 9.17) is 0 Å². The lowest BCUT2D eigenvalue weighted by atomic mass is 10.0. The van der Waals surface area contributed by atoms with Crippen molar-refractivity contribution in [1.29, 1.82) is 0 Å². The summed E-state index contributed by atoms with van der Waals surface area (Å²) in [6.07, 6.45) is 0. The maximum atomic E-state index is 11.1. The van der Waals surface area contributed by atoms with Gasteiger partial charge >= 0.3 is 0 Å². The molecule has 15 heavy (non-hydrogen) atoms. The van der Waals surface area contributed by atoms with E-state index >= 15 is 0 Å². The van der Waals surface area contributed by atoms with Gasteiger partial charge in [-0.1, -0.05) is 0 Å². The number of benzene rings is 1. The number of carbonyl (C=O) groups excluding carboxylic acids is 2. The van der Waals surface area contributed by atoms with Gasteiger partial charge in [0.2, 0.25) is 0 Å². The summed E-state index contributed by atoms with van der Waals surface area (Å²) in [5.41, 5.74) is -0.314. The second-order valence-corrected chi connectivity index (χ2v) is 3.00. The molecule has 77 valence electrons. The van der Waals surface area contributed by atoms with Crippen LogP contribution in [-0.4, -0.2) is 16.5 Å². The summed E-state index contributed by atoms with van der Waals surface area (Å²) < 4.78 is 0. The summed E-state index contributed by atoms with van der Waals surface area (Å²) in [6, 6.07) is 4.88. The molecule has 5 nitrogen and oxygen atoms in total. The van der Waals surface area contributed by atoms with Gasteiger partial charge in [0.15, 0.2) is 11.6 Å². The Labute approximate surface area is 85.9 Å². The standard InChI is InChI=1S/C10H8NO4/c1-6(12)8-3-4-10(11(14)15)9(5-8)7(2)13/h3-4H,1-2H3. The molecule has 0 aliphatic rings. The highest BCUT2D eigenvalue weighted by atomic mass is 16.6. The van der Waals surface area contributed by atoms with Crippen molar-refractivity contribution in [1.82, 2.24) is 0 Å². The first-order valence-electron chi connectivity index (χ1n) is 4.16. The number of nitro groups is 1. The van der Waals surface area contributed by atoms with Crippen LogP contribution < -0.4 is 0 Å². The topological polar surface area (TPSA) is 77.3 Å². The average molecular weight is 206 g/mol. The number of rotatable bonds is 3. The van der Waals surface area contributed by atoms with Gasteiger partial charge in [-0.15, -0.1) is 0 Å². The minimum absolute atomic E-state index is 0.160. The first-order chi connectivity index (χ1) is 6.93. The third kappa shape index (κ3) is 2.25. The van der Waals surface area contributed by atoms with E-state index in [-0.39, 0.29) is 22.6 Å². The Morgan fingerprint density at radius 2 is 1.87 bits per heavy atom. The molecule has 1 aromatic carbocycles. The molecule has 0 amide bonds. The van der Waals surface area contributed by atoms with Gasteiger partial charge in [-0.3, -0.25) is 19.7 Å². The van der Waals surface area contributed by atoms with E-state index < -0.39 is 10.7 Å². The van der Waals surface area contributed by atoms with Crippen molar-refractivity contribution in [2.75, 3.05) is 0 Å². The van der Waals surface area contributed by atoms with Crippen molar-refractivity contribution >= 4 is 17.3 Å². The van der Waals surface area contributed by atoms with Crippen LogP contribution in [-0.2, 0) is 0 Å². The van der Waals surface area contributed by atoms with Crippen molar-refractivity contribution < 1.29 is 14.5 Å². The van der Waals surface area contributed by atoms with E-state index in [1.54, 1.807) is 0 Å². The van der Waals surface area contributed by atoms with Crippen LogP contribution >= 0.6 is 0 Å². The summed E-state index contributed by atoms with van der Waals surface area (Å²) in [5, 5.41) is 10.6. The minimum atomic E-state index is -0.669. The summed E-state index contributed by atoms with van der Waals surface area (Å²) in [5.74, 6) is -0.766. The van der Waals surface area contributed by atoms with Crippen molar-refractivity contribution in [3.63, 3.8) is 0 Å². The number of nitrogens with zero attached hydrogens (tertiary/aromatic N) is 1. The van der Waals surface area contributed by atoms with Crippen LogP contribution in [0.1, 0.15) is 34.6 Å². The normalized spacial score (nSPS) is 9.73. The molecule has 0 fully saturated rings. The van der Waals surface area contributed by atoms with E-state index in [0.29, 0.717) is 0 Å². The summed E-state index contributed by atoms with van der Waals surface area (Å²) in [7, 11) is 0. The fourth-order valence-electron chi connectivity index (χ4n) is 1.11. The maximum absolute atomic E-state index is 11.1. The zero-order chi connectivity index (χ0) is 11.6. The maximum Gasteiger partial charge on any atom is 0.280 e. The molecule has 5 heteroatoms. The molecule has 1 rings (SSSR count). The van der Waals surface area contributed by atoms with E-state index in [9.17, 15) is 19.7 Å². The van der Waals surface area contributed by atoms with Gasteiger partial charge in [0.05, 0.1) is 4.92 Å². The van der Waals surface area contributed by atoms with Gasteiger partial charge in [0.1, 0.15) is 5.56 Å². The molecule has 1 aromatic rings. The zero-order valence-corrected chi connectivity index (χ0v) is 8.23. The Hall–Kier alpha value is -2.04. The minimum Gasteiger partial charge on any atom is -0.294 e. The Morgan fingerprint density at radius 1 is 1.27 bits per heavy atom. The molecule has 0 aliphatic carbocycles. The summed E-state index contributed by atoms with van der Waals surface area (Å²) >= 11 is 0. The molecule has 0 bridgehead atoms. The SMILES string of the molecule is CC(=O)c1[c]c(C(C)=O)c([N+](=O)[O-])cc1. The van der Waals surface area contributed by atoms with Gasteiger partial charge < -0.3 is 0 Å². The molecule has 0 unspecified atom stereocenters. The van der Waals surface area contributed by atoms with Gasteiger partial charge in [-0.25, -0.2) is 0 Å². The van der Waals surface area contributed by atoms with Crippen LogP contribution in [0.3, 0.4) is 0 Å². The van der Waals surface area contributed by atoms with Gasteiger partial charge in [0.25, 0.3) is 5.69 Å². The summed E-state index contributed by atoms with van der Waals surface area (Å²) in [4.78, 5) is 32.0. The fourth-order valence-corrected chi connectivity index (χ4v) is 1.11. The second kappa shape index (κ2) is 4.00. The number of hydrogen-bond donors (Lipinski definition) is 0. The Balaban J connectivity index is 3.40. The monoisotopic (exact) mass is 206 g/mol. The molecule has 0 aliphatic heterocycles. The van der Waals surface area contributed by atoms with Crippen LogP contribution in [0.15, 0.2) is 12.1 Å². The average Bonchev–Trinajstić information content (AvgIpc) is 2.16. The lowest BCUT2D eigenvalue weighted by Crippen LogP contribution is -2.03. The number of nitro benzene ring substituents is 1. The Bertz CT molecular complexity index is 451. The van der Waals surface area contributed by atoms with Crippen molar-refractivity contribution in [2.45, 2.75) is 13.8 Å². The first-order valence-corrected chi connectivity index (χ1v) is 4.16. The quantitative estimate of drug-likeness (QED) is 0.429. The Morgan fingerprint density at radius 3 is 2.27 bits per heavy atom. The lowest BCUT2D eigenvalue weighted by Gasteiger charge is -2.00. The Kier molecular flexibility index (Phi) is 2.94. The predicted octanol–water partition coefficient (Wildman–Crippen LogP) is 1.80. The molecule has 0 aromatic heterocycles. The van der Waals surface area contributed by atoms with Crippen molar-refractivity contribution in [3.8, 4) is 0 Å². The van der Waals surface area contributed by atoms with Crippen LogP contribution in [0.4, 0.5) is 5.69 Å². The second-order valence-electron chi connectivity index (χ2n) is 3.00. The van der Waals surface area contributed by atoms with Crippen LogP contribution in [0.2, 0.25) is 0 Å². The smallest absolute Gasteiger partial charge is 0.280 e. The molecule has 1 radical (unpaired) electrons. The van der Waals surface area contributed by atoms with Gasteiger partial charge in [0, 0.05) is 17.7 Å². The summed E-state index contributed by atoms with van der Waals surface area (Å²) in [6.45, 7) is 2.50. The zero-order valence-electron chi connectivity index (χ0n) is 8.23. The van der Waals surface area contributed by atoms with Crippen molar-refractivity contribution in [2.24, 2.45) is 0 Å².